The third-order valence-electron chi connectivity index (χ3n) is 5.18. The molecule has 3 atom stereocenters. The number of hydrogen-bond acceptors (Lipinski definition) is 2. The molecule has 0 rings (SSSR count). The molecule has 2 heteroatoms. The predicted molar refractivity (Wildman–Crippen MR) is 105 cm³/mol. The Kier molecular flexibility index (Phi) is 14.5. The van der Waals surface area contributed by atoms with E-state index in [1.807, 2.05) is 0 Å². The lowest BCUT2D eigenvalue weighted by Crippen LogP contribution is -2.06. The second-order valence-corrected chi connectivity index (χ2v) is 8.63. The van der Waals surface area contributed by atoms with Gasteiger partial charge in [0.1, 0.15) is 0 Å². The summed E-state index contributed by atoms with van der Waals surface area (Å²) in [7, 11) is 0. The molecule has 0 saturated carbocycles. The van der Waals surface area contributed by atoms with Gasteiger partial charge in [-0.15, -0.1) is 0 Å². The van der Waals surface area contributed by atoms with Crippen molar-refractivity contribution in [2.45, 2.75) is 106 Å². The Hall–Kier alpha value is -0.530. The zero-order chi connectivity index (χ0) is 18.4. The van der Waals surface area contributed by atoms with Crippen molar-refractivity contribution in [3.63, 3.8) is 0 Å². The van der Waals surface area contributed by atoms with Gasteiger partial charge in [0, 0.05) is 6.92 Å². The van der Waals surface area contributed by atoms with Crippen LogP contribution in [0.4, 0.5) is 0 Å². The first kappa shape index (κ1) is 23.5. The van der Waals surface area contributed by atoms with Crippen molar-refractivity contribution >= 4 is 5.97 Å². The van der Waals surface area contributed by atoms with Crippen molar-refractivity contribution in [3.05, 3.63) is 0 Å². The molecule has 0 saturated heterocycles. The third kappa shape index (κ3) is 16.3. The Labute approximate surface area is 152 Å². The highest BCUT2D eigenvalue weighted by Crippen LogP contribution is 2.22. The van der Waals surface area contributed by atoms with Gasteiger partial charge in [0.05, 0.1) is 6.61 Å². The van der Waals surface area contributed by atoms with Crippen molar-refractivity contribution in [1.29, 1.82) is 0 Å². The van der Waals surface area contributed by atoms with Crippen LogP contribution in [0.15, 0.2) is 0 Å². The van der Waals surface area contributed by atoms with Crippen LogP contribution in [0.2, 0.25) is 0 Å². The van der Waals surface area contributed by atoms with Crippen LogP contribution in [-0.4, -0.2) is 12.6 Å². The number of ether oxygens (including phenoxy) is 1. The average Bonchev–Trinajstić information content (AvgIpc) is 2.46. The summed E-state index contributed by atoms with van der Waals surface area (Å²) in [5.74, 6) is 3.12. The molecule has 0 spiro atoms. The molecule has 0 bridgehead atoms. The van der Waals surface area contributed by atoms with Crippen molar-refractivity contribution in [3.8, 4) is 0 Å². The Morgan fingerprint density at radius 1 is 0.667 bits per heavy atom. The van der Waals surface area contributed by atoms with E-state index >= 15 is 0 Å². The van der Waals surface area contributed by atoms with E-state index in [4.69, 9.17) is 4.74 Å². The van der Waals surface area contributed by atoms with Crippen molar-refractivity contribution in [2.75, 3.05) is 6.61 Å². The van der Waals surface area contributed by atoms with Crippen LogP contribution in [0.3, 0.4) is 0 Å². The summed E-state index contributed by atoms with van der Waals surface area (Å²) >= 11 is 0. The SMILES string of the molecule is CC(=O)OCCC(C)CCCC(C)CCCC(C)CCCC(C)C. The highest BCUT2D eigenvalue weighted by Gasteiger charge is 2.08. The molecule has 3 unspecified atom stereocenters. The molecule has 144 valence electrons. The smallest absolute Gasteiger partial charge is 0.302 e. The summed E-state index contributed by atoms with van der Waals surface area (Å²) in [5, 5.41) is 0. The van der Waals surface area contributed by atoms with Crippen LogP contribution in [0.5, 0.6) is 0 Å². The minimum absolute atomic E-state index is 0.158. The van der Waals surface area contributed by atoms with Gasteiger partial charge in [-0.3, -0.25) is 4.79 Å². The number of hydrogen-bond donors (Lipinski definition) is 0. The number of carbonyl (C=O) groups excluding carboxylic acids is 1. The number of rotatable bonds is 15. The van der Waals surface area contributed by atoms with Crippen LogP contribution in [0, 0.1) is 23.7 Å². The maximum absolute atomic E-state index is 10.7. The van der Waals surface area contributed by atoms with Crippen LogP contribution >= 0.6 is 0 Å². The largest absolute Gasteiger partial charge is 0.466 e. The zero-order valence-corrected chi connectivity index (χ0v) is 17.4. The summed E-state index contributed by atoms with van der Waals surface area (Å²) in [6.45, 7) is 13.8. The second-order valence-electron chi connectivity index (χ2n) is 8.63. The van der Waals surface area contributed by atoms with Gasteiger partial charge in [0.15, 0.2) is 0 Å². The summed E-state index contributed by atoms with van der Waals surface area (Å²) in [4.78, 5) is 10.7. The van der Waals surface area contributed by atoms with Gasteiger partial charge in [0.25, 0.3) is 0 Å². The standard InChI is InChI=1S/C22H44O2/c1-18(2)10-7-11-19(3)12-8-13-20(4)14-9-15-21(5)16-17-24-22(6)23/h18-21H,7-17H2,1-6H3. The molecule has 0 amide bonds. The molecule has 0 radical (unpaired) electrons. The van der Waals surface area contributed by atoms with Gasteiger partial charge in [-0.05, 0) is 30.1 Å². The van der Waals surface area contributed by atoms with E-state index in [-0.39, 0.29) is 5.97 Å². The Morgan fingerprint density at radius 2 is 1.04 bits per heavy atom. The van der Waals surface area contributed by atoms with E-state index in [0.717, 1.165) is 24.2 Å². The van der Waals surface area contributed by atoms with Gasteiger partial charge >= 0.3 is 5.97 Å². The molecule has 24 heavy (non-hydrogen) atoms. The molecule has 0 aliphatic heterocycles. The van der Waals surface area contributed by atoms with Crippen molar-refractivity contribution in [1.82, 2.24) is 0 Å². The van der Waals surface area contributed by atoms with E-state index in [1.165, 1.54) is 64.7 Å². The van der Waals surface area contributed by atoms with Gasteiger partial charge in [-0.1, -0.05) is 92.4 Å². The van der Waals surface area contributed by atoms with E-state index in [2.05, 4.69) is 34.6 Å². The Morgan fingerprint density at radius 3 is 1.42 bits per heavy atom. The van der Waals surface area contributed by atoms with Crippen molar-refractivity contribution in [2.24, 2.45) is 23.7 Å². The first-order chi connectivity index (χ1) is 11.3. The van der Waals surface area contributed by atoms with Crippen LogP contribution in [0.25, 0.3) is 0 Å². The molecular weight excluding hydrogens is 296 g/mol. The average molecular weight is 341 g/mol. The lowest BCUT2D eigenvalue weighted by Gasteiger charge is -2.16. The molecule has 0 fully saturated rings. The molecular formula is C22H44O2. The highest BCUT2D eigenvalue weighted by molar-refractivity contribution is 5.65. The predicted octanol–water partition coefficient (Wildman–Crippen LogP) is 7.01. The summed E-state index contributed by atoms with van der Waals surface area (Å²) in [6, 6.07) is 0. The number of esters is 1. The normalized spacial score (nSPS) is 15.3. The van der Waals surface area contributed by atoms with Crippen LogP contribution in [0.1, 0.15) is 106 Å². The Bertz CT molecular complexity index is 298. The number of carbonyl (C=O) groups is 1. The summed E-state index contributed by atoms with van der Waals surface area (Å²) < 4.78 is 5.02. The van der Waals surface area contributed by atoms with E-state index < -0.39 is 0 Å². The quantitative estimate of drug-likeness (QED) is 0.299. The maximum Gasteiger partial charge on any atom is 0.302 e. The molecule has 0 N–H and O–H groups in total. The molecule has 0 aromatic rings. The molecule has 2 nitrogen and oxygen atoms in total. The zero-order valence-electron chi connectivity index (χ0n) is 17.4. The third-order valence-corrected chi connectivity index (χ3v) is 5.18. The molecule has 0 aliphatic rings. The van der Waals surface area contributed by atoms with Crippen LogP contribution < -0.4 is 0 Å². The fourth-order valence-corrected chi connectivity index (χ4v) is 3.34. The van der Waals surface area contributed by atoms with Gasteiger partial charge in [0.2, 0.25) is 0 Å². The Balaban J connectivity index is 3.51. The molecule has 0 heterocycles. The van der Waals surface area contributed by atoms with Gasteiger partial charge in [-0.2, -0.15) is 0 Å². The highest BCUT2D eigenvalue weighted by atomic mass is 16.5. The first-order valence-electron chi connectivity index (χ1n) is 10.4. The summed E-state index contributed by atoms with van der Waals surface area (Å²) in [5.41, 5.74) is 0. The fraction of sp³-hybridized carbons (Fsp3) is 0.955. The van der Waals surface area contributed by atoms with E-state index in [9.17, 15) is 4.79 Å². The lowest BCUT2D eigenvalue weighted by molar-refractivity contribution is -0.141. The fourth-order valence-electron chi connectivity index (χ4n) is 3.34. The molecule has 0 aromatic carbocycles. The van der Waals surface area contributed by atoms with Crippen LogP contribution in [-0.2, 0) is 9.53 Å². The van der Waals surface area contributed by atoms with E-state index in [0.29, 0.717) is 12.5 Å². The minimum atomic E-state index is -0.158. The monoisotopic (exact) mass is 340 g/mol. The molecule has 0 aliphatic carbocycles. The first-order valence-corrected chi connectivity index (χ1v) is 10.4. The lowest BCUT2D eigenvalue weighted by atomic mass is 9.91. The molecule has 0 aromatic heterocycles. The second kappa shape index (κ2) is 14.8. The van der Waals surface area contributed by atoms with Crippen molar-refractivity contribution < 1.29 is 9.53 Å². The maximum atomic E-state index is 10.7. The summed E-state index contributed by atoms with van der Waals surface area (Å²) in [6.07, 6.45) is 13.3. The van der Waals surface area contributed by atoms with Gasteiger partial charge in [-0.25, -0.2) is 0 Å². The van der Waals surface area contributed by atoms with Gasteiger partial charge < -0.3 is 4.74 Å². The minimum Gasteiger partial charge on any atom is -0.466 e. The topological polar surface area (TPSA) is 26.3 Å². The van der Waals surface area contributed by atoms with E-state index in [1.54, 1.807) is 0 Å².